The first-order chi connectivity index (χ1) is 10.8. The maximum Gasteiger partial charge on any atom is 0.255 e. The van der Waals surface area contributed by atoms with Crippen molar-refractivity contribution in [1.82, 2.24) is 15.1 Å². The Balaban J connectivity index is 1.52. The molecule has 2 heterocycles. The van der Waals surface area contributed by atoms with Crippen LogP contribution in [-0.4, -0.2) is 34.1 Å². The fraction of sp³-hybridized carbons (Fsp3) is 0.278. The molecule has 4 heteroatoms. The lowest BCUT2D eigenvalue weighted by molar-refractivity contribution is 0.0689. The maximum atomic E-state index is 12.5. The summed E-state index contributed by atoms with van der Waals surface area (Å²) in [5.74, 6) is 0.0556. The quantitative estimate of drug-likeness (QED) is 0.811. The molecule has 1 amide bonds. The Morgan fingerprint density at radius 2 is 1.91 bits per heavy atom. The topological polar surface area (TPSA) is 46.1 Å². The first-order valence-corrected chi connectivity index (χ1v) is 7.63. The van der Waals surface area contributed by atoms with Gasteiger partial charge in [0.2, 0.25) is 0 Å². The van der Waals surface area contributed by atoms with E-state index in [1.165, 1.54) is 17.3 Å². The van der Waals surface area contributed by atoms with Gasteiger partial charge in [-0.3, -0.25) is 4.79 Å². The number of benzene rings is 1. The number of hydrogen-bond donors (Lipinski definition) is 0. The summed E-state index contributed by atoms with van der Waals surface area (Å²) in [6.07, 6.45) is 9.61. The normalized spacial score (nSPS) is 18.5. The molecule has 0 unspecified atom stereocenters. The Hall–Kier alpha value is -2.49. The summed E-state index contributed by atoms with van der Waals surface area (Å²) in [5.41, 5.74) is 3.46. The average molecular weight is 291 g/mol. The average Bonchev–Trinajstić information content (AvgIpc) is 2.95. The number of carbonyl (C=O) groups excluding carboxylic acids is 1. The van der Waals surface area contributed by atoms with Crippen LogP contribution in [0.3, 0.4) is 0 Å². The van der Waals surface area contributed by atoms with Crippen molar-refractivity contribution in [3.63, 3.8) is 0 Å². The number of fused-ring (bicyclic) bond motifs is 2. The van der Waals surface area contributed by atoms with Crippen molar-refractivity contribution in [2.24, 2.45) is 0 Å². The summed E-state index contributed by atoms with van der Waals surface area (Å²) in [7, 11) is 0. The number of piperidine rings is 1. The van der Waals surface area contributed by atoms with Crippen LogP contribution in [0.5, 0.6) is 0 Å². The third kappa shape index (κ3) is 2.03. The summed E-state index contributed by atoms with van der Waals surface area (Å²) in [6.45, 7) is 1.56. The first-order valence-electron chi connectivity index (χ1n) is 7.63. The lowest BCUT2D eigenvalue weighted by Gasteiger charge is -2.39. The van der Waals surface area contributed by atoms with E-state index in [1.54, 1.807) is 12.3 Å². The van der Waals surface area contributed by atoms with Gasteiger partial charge in [0.15, 0.2) is 0 Å². The first kappa shape index (κ1) is 13.2. The molecule has 0 saturated carbocycles. The highest BCUT2D eigenvalue weighted by Crippen LogP contribution is 2.43. The van der Waals surface area contributed by atoms with Gasteiger partial charge in [0.25, 0.3) is 5.91 Å². The summed E-state index contributed by atoms with van der Waals surface area (Å²) < 4.78 is 0. The van der Waals surface area contributed by atoms with Gasteiger partial charge >= 0.3 is 0 Å². The van der Waals surface area contributed by atoms with Crippen molar-refractivity contribution in [3.8, 4) is 0 Å². The van der Waals surface area contributed by atoms with Gasteiger partial charge in [0, 0.05) is 18.5 Å². The Morgan fingerprint density at radius 1 is 1.09 bits per heavy atom. The number of allylic oxidation sites excluding steroid dienone is 1. The molecule has 1 aromatic carbocycles. The molecule has 0 radical (unpaired) electrons. The van der Waals surface area contributed by atoms with E-state index in [4.69, 9.17) is 0 Å². The molecule has 2 aromatic rings. The molecular weight excluding hydrogens is 274 g/mol. The lowest BCUT2D eigenvalue weighted by Crippen LogP contribution is -2.44. The van der Waals surface area contributed by atoms with Gasteiger partial charge in [0.1, 0.15) is 0 Å². The van der Waals surface area contributed by atoms with Gasteiger partial charge < -0.3 is 4.90 Å². The number of amides is 1. The molecule has 110 valence electrons. The van der Waals surface area contributed by atoms with Crippen molar-refractivity contribution in [1.29, 1.82) is 0 Å². The molecule has 0 atom stereocenters. The van der Waals surface area contributed by atoms with Crippen LogP contribution in [0, 0.1) is 0 Å². The zero-order valence-corrected chi connectivity index (χ0v) is 12.3. The van der Waals surface area contributed by atoms with Crippen LogP contribution in [0.25, 0.3) is 6.08 Å². The zero-order chi connectivity index (χ0) is 15.0. The van der Waals surface area contributed by atoms with Gasteiger partial charge in [-0.05, 0) is 30.0 Å². The van der Waals surface area contributed by atoms with Gasteiger partial charge in [-0.25, -0.2) is 0 Å². The molecule has 1 saturated heterocycles. The molecule has 0 bridgehead atoms. The van der Waals surface area contributed by atoms with Crippen LogP contribution < -0.4 is 0 Å². The van der Waals surface area contributed by atoms with Gasteiger partial charge in [-0.2, -0.15) is 10.2 Å². The zero-order valence-electron chi connectivity index (χ0n) is 12.3. The van der Waals surface area contributed by atoms with E-state index in [1.807, 2.05) is 4.90 Å². The highest BCUT2D eigenvalue weighted by molar-refractivity contribution is 5.93. The van der Waals surface area contributed by atoms with Crippen LogP contribution in [0.1, 0.15) is 34.3 Å². The van der Waals surface area contributed by atoms with Gasteiger partial charge in [0.05, 0.1) is 18.0 Å². The van der Waals surface area contributed by atoms with Crippen molar-refractivity contribution < 1.29 is 4.79 Å². The minimum absolute atomic E-state index is 0.0556. The number of carbonyl (C=O) groups is 1. The van der Waals surface area contributed by atoms with E-state index in [0.29, 0.717) is 5.56 Å². The molecule has 2 aliphatic rings. The second kappa shape index (κ2) is 5.05. The standard InChI is InChI=1S/C18H17N3O/c22-17(15-6-10-19-20-13-15)21-11-8-18(9-12-21)7-5-14-3-1-2-4-16(14)18/h1-7,10,13H,8-9,11-12H2. The fourth-order valence-corrected chi connectivity index (χ4v) is 3.58. The second-order valence-corrected chi connectivity index (χ2v) is 6.00. The van der Waals surface area contributed by atoms with Crippen molar-refractivity contribution in [2.45, 2.75) is 18.3 Å². The molecule has 1 fully saturated rings. The molecule has 1 aliphatic heterocycles. The lowest BCUT2D eigenvalue weighted by atomic mass is 9.74. The maximum absolute atomic E-state index is 12.5. The van der Waals surface area contributed by atoms with Gasteiger partial charge in [-0.15, -0.1) is 0 Å². The van der Waals surface area contributed by atoms with E-state index >= 15 is 0 Å². The minimum atomic E-state index is 0.0556. The second-order valence-electron chi connectivity index (χ2n) is 6.00. The van der Waals surface area contributed by atoms with E-state index < -0.39 is 0 Å². The Bertz CT molecular complexity index is 731. The van der Waals surface area contributed by atoms with E-state index in [-0.39, 0.29) is 11.3 Å². The molecule has 4 rings (SSSR count). The smallest absolute Gasteiger partial charge is 0.255 e. The van der Waals surface area contributed by atoms with E-state index in [2.05, 4.69) is 46.6 Å². The number of nitrogens with zero attached hydrogens (tertiary/aromatic N) is 3. The summed E-state index contributed by atoms with van der Waals surface area (Å²) in [4.78, 5) is 14.4. The molecule has 0 N–H and O–H groups in total. The number of rotatable bonds is 1. The molecule has 4 nitrogen and oxygen atoms in total. The molecule has 1 aliphatic carbocycles. The molecule has 22 heavy (non-hydrogen) atoms. The van der Waals surface area contributed by atoms with Crippen LogP contribution in [0.15, 0.2) is 48.8 Å². The summed E-state index contributed by atoms with van der Waals surface area (Å²) in [5, 5.41) is 7.52. The van der Waals surface area contributed by atoms with E-state index in [0.717, 1.165) is 25.9 Å². The largest absolute Gasteiger partial charge is 0.339 e. The number of likely N-dealkylation sites (tertiary alicyclic amines) is 1. The van der Waals surface area contributed by atoms with Crippen molar-refractivity contribution >= 4 is 12.0 Å². The highest BCUT2D eigenvalue weighted by atomic mass is 16.2. The highest BCUT2D eigenvalue weighted by Gasteiger charge is 2.38. The summed E-state index contributed by atoms with van der Waals surface area (Å²) in [6, 6.07) is 10.3. The Labute approximate surface area is 129 Å². The van der Waals surface area contributed by atoms with Crippen LogP contribution >= 0.6 is 0 Å². The monoisotopic (exact) mass is 291 g/mol. The van der Waals surface area contributed by atoms with Crippen molar-refractivity contribution in [2.75, 3.05) is 13.1 Å². The molecular formula is C18H17N3O. The third-order valence-electron chi connectivity index (χ3n) is 4.85. The van der Waals surface area contributed by atoms with Crippen LogP contribution in [0.4, 0.5) is 0 Å². The molecule has 1 aromatic heterocycles. The van der Waals surface area contributed by atoms with E-state index in [9.17, 15) is 4.79 Å². The Morgan fingerprint density at radius 3 is 2.68 bits per heavy atom. The SMILES string of the molecule is O=C(c1ccnnc1)N1CCC2(C=Cc3ccccc32)CC1. The number of hydrogen-bond acceptors (Lipinski definition) is 3. The predicted octanol–water partition coefficient (Wildman–Crippen LogP) is 2.68. The van der Waals surface area contributed by atoms with Crippen LogP contribution in [0.2, 0.25) is 0 Å². The minimum Gasteiger partial charge on any atom is -0.339 e. The predicted molar refractivity (Wildman–Crippen MR) is 84.3 cm³/mol. The molecule has 1 spiro atoms. The summed E-state index contributed by atoms with van der Waals surface area (Å²) >= 11 is 0. The van der Waals surface area contributed by atoms with Gasteiger partial charge in [-0.1, -0.05) is 36.4 Å². The third-order valence-corrected chi connectivity index (χ3v) is 4.85. The fourth-order valence-electron chi connectivity index (χ4n) is 3.58. The van der Waals surface area contributed by atoms with Crippen molar-refractivity contribution in [3.05, 3.63) is 65.5 Å². The van der Waals surface area contributed by atoms with Crippen LogP contribution in [-0.2, 0) is 5.41 Å². The number of aromatic nitrogens is 2. The Kier molecular flexibility index (Phi) is 3.03.